The van der Waals surface area contributed by atoms with Crippen LogP contribution in [0.2, 0.25) is 0 Å². The summed E-state index contributed by atoms with van der Waals surface area (Å²) in [5.41, 5.74) is 31.7. The summed E-state index contributed by atoms with van der Waals surface area (Å²) in [4.78, 5) is 4.86. The average molecular weight is 1190 g/mol. The standard InChI is InChI=1S/C92H60N2/c1-57-20-18-27-70(44-57)93(69-25-4-3-5-26-69)72-42-40-64-51-81-79-50-63-39-38-62(45-66(63)54-87(79)92(89(81)55-67(64)47-72)84-35-15-11-31-76(84)77-32-12-16-36-85(77)92)59-24-19-28-71(46-59)94(90-37-17-6-21-58(90)2)73-43-41-65-52-80-78-49-60-22-7-8-23-61(60)53-86(78)91(88(80)56-68(65)48-73)82-33-13-9-29-74(82)75-30-10-14-34-83(75)91/h3-56H,1-2H3. The van der Waals surface area contributed by atoms with Gasteiger partial charge in [0.2, 0.25) is 0 Å². The highest BCUT2D eigenvalue weighted by atomic mass is 15.1. The fourth-order valence-electron chi connectivity index (χ4n) is 17.5. The highest BCUT2D eigenvalue weighted by Crippen LogP contribution is 2.66. The summed E-state index contributed by atoms with van der Waals surface area (Å²) in [7, 11) is 0. The van der Waals surface area contributed by atoms with Crippen LogP contribution in [0.25, 0.3) is 98.7 Å². The van der Waals surface area contributed by atoms with Gasteiger partial charge in [0.25, 0.3) is 0 Å². The first-order valence-electron chi connectivity index (χ1n) is 32.9. The molecule has 0 radical (unpaired) electrons. The molecule has 2 nitrogen and oxygen atoms in total. The van der Waals surface area contributed by atoms with Gasteiger partial charge >= 0.3 is 0 Å². The van der Waals surface area contributed by atoms with Crippen LogP contribution in [0.15, 0.2) is 328 Å². The Labute approximate surface area is 547 Å². The van der Waals surface area contributed by atoms with E-state index in [4.69, 9.17) is 0 Å². The van der Waals surface area contributed by atoms with E-state index in [2.05, 4.69) is 351 Å². The SMILES string of the molecule is Cc1cccc(N(c2ccccc2)c2ccc3cc4c(cc3c2)C2(c3ccccc3-c3ccccc32)c2cc3cc(-c5cccc(N(c6ccc7cc8c(cc7c6)C6(c7ccccc7-c7ccccc76)c6cc7ccccc7cc6-8)c6ccccc6C)c5)ccc3cc2-4)c1. The molecule has 16 aromatic carbocycles. The second-order valence-electron chi connectivity index (χ2n) is 26.4. The molecule has 2 spiro atoms. The van der Waals surface area contributed by atoms with Crippen LogP contribution in [0, 0.1) is 13.8 Å². The van der Waals surface area contributed by atoms with Gasteiger partial charge in [0.15, 0.2) is 0 Å². The molecule has 0 fully saturated rings. The summed E-state index contributed by atoms with van der Waals surface area (Å²) >= 11 is 0. The molecule has 4 aliphatic rings. The summed E-state index contributed by atoms with van der Waals surface area (Å²) < 4.78 is 0. The molecule has 0 bridgehead atoms. The maximum absolute atomic E-state index is 2.54. The van der Waals surface area contributed by atoms with Gasteiger partial charge in [0.05, 0.1) is 10.8 Å². The van der Waals surface area contributed by atoms with Crippen LogP contribution >= 0.6 is 0 Å². The zero-order valence-electron chi connectivity index (χ0n) is 52.1. The van der Waals surface area contributed by atoms with Gasteiger partial charge < -0.3 is 9.80 Å². The van der Waals surface area contributed by atoms with Crippen molar-refractivity contribution in [1.29, 1.82) is 0 Å². The van der Waals surface area contributed by atoms with E-state index in [1.807, 2.05) is 0 Å². The Hall–Kier alpha value is -11.8. The maximum Gasteiger partial charge on any atom is 0.0725 e. The zero-order chi connectivity index (χ0) is 62.0. The van der Waals surface area contributed by atoms with Crippen LogP contribution in [-0.2, 0) is 10.8 Å². The molecule has 16 aromatic rings. The number of rotatable bonds is 7. The molecule has 0 atom stereocenters. The fraction of sp³-hybridized carbons (Fsp3) is 0.0435. The molecule has 20 rings (SSSR count). The van der Waals surface area contributed by atoms with Gasteiger partial charge in [-0.15, -0.1) is 0 Å². The molecule has 0 amide bonds. The van der Waals surface area contributed by atoms with Gasteiger partial charge in [0.1, 0.15) is 0 Å². The number of aryl methyl sites for hydroxylation is 2. The van der Waals surface area contributed by atoms with Crippen LogP contribution in [0.5, 0.6) is 0 Å². The normalized spacial score (nSPS) is 13.6. The van der Waals surface area contributed by atoms with Crippen LogP contribution in [0.1, 0.15) is 55.6 Å². The molecule has 0 aromatic heterocycles. The zero-order valence-corrected chi connectivity index (χ0v) is 52.1. The Bertz CT molecular complexity index is 5840. The van der Waals surface area contributed by atoms with Crippen molar-refractivity contribution in [1.82, 2.24) is 0 Å². The first-order valence-corrected chi connectivity index (χ1v) is 32.9. The molecule has 0 saturated heterocycles. The molecular formula is C92H60N2. The van der Waals surface area contributed by atoms with Crippen molar-refractivity contribution in [2.24, 2.45) is 0 Å². The molecule has 2 heteroatoms. The lowest BCUT2D eigenvalue weighted by Crippen LogP contribution is -2.25. The van der Waals surface area contributed by atoms with Gasteiger partial charge in [-0.25, -0.2) is 0 Å². The van der Waals surface area contributed by atoms with Crippen molar-refractivity contribution in [3.8, 4) is 55.6 Å². The maximum atomic E-state index is 2.54. The van der Waals surface area contributed by atoms with Crippen molar-refractivity contribution in [3.63, 3.8) is 0 Å². The Morgan fingerprint density at radius 2 is 0.574 bits per heavy atom. The largest absolute Gasteiger partial charge is 0.310 e. The van der Waals surface area contributed by atoms with Crippen molar-refractivity contribution in [3.05, 3.63) is 383 Å². The van der Waals surface area contributed by atoms with Crippen molar-refractivity contribution >= 4 is 77.2 Å². The first-order chi connectivity index (χ1) is 46.4. The van der Waals surface area contributed by atoms with Crippen LogP contribution in [0.3, 0.4) is 0 Å². The highest BCUT2D eigenvalue weighted by molar-refractivity contribution is 6.07. The number of anilines is 6. The number of nitrogens with zero attached hydrogens (tertiary/aromatic N) is 2. The number of fused-ring (bicyclic) bond motifs is 24. The third kappa shape index (κ3) is 7.36. The molecule has 438 valence electrons. The molecule has 0 unspecified atom stereocenters. The van der Waals surface area contributed by atoms with Crippen LogP contribution < -0.4 is 9.80 Å². The number of hydrogen-bond donors (Lipinski definition) is 0. The van der Waals surface area contributed by atoms with E-state index >= 15 is 0 Å². The second kappa shape index (κ2) is 19.8. The average Bonchev–Trinajstić information content (AvgIpc) is 1.51. The van der Waals surface area contributed by atoms with Crippen LogP contribution in [-0.4, -0.2) is 0 Å². The summed E-state index contributed by atoms with van der Waals surface area (Å²) in [6, 6.07) is 124. The summed E-state index contributed by atoms with van der Waals surface area (Å²) in [5.74, 6) is 0. The second-order valence-corrected chi connectivity index (χ2v) is 26.4. The molecule has 0 aliphatic heterocycles. The quantitative estimate of drug-likeness (QED) is 0.157. The minimum absolute atomic E-state index is 0.472. The minimum atomic E-state index is -0.541. The van der Waals surface area contributed by atoms with Gasteiger partial charge in [0, 0.05) is 34.1 Å². The smallest absolute Gasteiger partial charge is 0.0725 e. The van der Waals surface area contributed by atoms with Crippen molar-refractivity contribution < 1.29 is 0 Å². The molecule has 0 saturated carbocycles. The predicted molar refractivity (Wildman–Crippen MR) is 393 cm³/mol. The van der Waals surface area contributed by atoms with Crippen molar-refractivity contribution in [2.75, 3.05) is 9.80 Å². The minimum Gasteiger partial charge on any atom is -0.310 e. The lowest BCUT2D eigenvalue weighted by Gasteiger charge is -2.31. The van der Waals surface area contributed by atoms with E-state index in [9.17, 15) is 0 Å². The third-order valence-electron chi connectivity index (χ3n) is 21.5. The Morgan fingerprint density at radius 3 is 1.10 bits per heavy atom. The summed E-state index contributed by atoms with van der Waals surface area (Å²) in [5, 5.41) is 9.84. The van der Waals surface area contributed by atoms with Crippen molar-refractivity contribution in [2.45, 2.75) is 24.7 Å². The molecule has 94 heavy (non-hydrogen) atoms. The van der Waals surface area contributed by atoms with Gasteiger partial charge in [-0.2, -0.15) is 0 Å². The number of para-hydroxylation sites is 2. The number of benzene rings is 16. The fourth-order valence-corrected chi connectivity index (χ4v) is 17.5. The lowest BCUT2D eigenvalue weighted by molar-refractivity contribution is 0.796. The predicted octanol–water partition coefficient (Wildman–Crippen LogP) is 24.2. The molecule has 4 aliphatic carbocycles. The van der Waals surface area contributed by atoms with E-state index in [1.54, 1.807) is 0 Å². The van der Waals surface area contributed by atoms with Gasteiger partial charge in [-0.1, -0.05) is 206 Å². The topological polar surface area (TPSA) is 6.48 Å². The Morgan fingerprint density at radius 1 is 0.202 bits per heavy atom. The molecule has 0 heterocycles. The van der Waals surface area contributed by atoms with E-state index in [0.29, 0.717) is 0 Å². The highest BCUT2D eigenvalue weighted by Gasteiger charge is 2.53. The Balaban J connectivity index is 0.732. The van der Waals surface area contributed by atoms with Crippen LogP contribution in [0.4, 0.5) is 34.1 Å². The monoisotopic (exact) mass is 1190 g/mol. The van der Waals surface area contributed by atoms with E-state index in [1.165, 1.54) is 149 Å². The summed E-state index contributed by atoms with van der Waals surface area (Å²) in [6.07, 6.45) is 0. The third-order valence-corrected chi connectivity index (χ3v) is 21.5. The Kier molecular flexibility index (Phi) is 11.2. The first kappa shape index (κ1) is 52.9. The van der Waals surface area contributed by atoms with E-state index in [-0.39, 0.29) is 0 Å². The number of hydrogen-bond acceptors (Lipinski definition) is 2. The lowest BCUT2D eigenvalue weighted by atomic mass is 9.70. The van der Waals surface area contributed by atoms with E-state index in [0.717, 1.165) is 39.7 Å². The van der Waals surface area contributed by atoms with E-state index < -0.39 is 10.8 Å². The molecular weight excluding hydrogens is 1130 g/mol. The molecule has 0 N–H and O–H groups in total. The summed E-state index contributed by atoms with van der Waals surface area (Å²) in [6.45, 7) is 4.41. The van der Waals surface area contributed by atoms with Gasteiger partial charge in [-0.3, -0.25) is 0 Å². The van der Waals surface area contributed by atoms with Gasteiger partial charge in [-0.05, 0) is 290 Å².